The van der Waals surface area contributed by atoms with Crippen molar-refractivity contribution >= 4 is 39.6 Å². The molecule has 9 nitrogen and oxygen atoms in total. The monoisotopic (exact) mass is 527 g/mol. The van der Waals surface area contributed by atoms with Crippen molar-refractivity contribution in [1.82, 2.24) is 9.97 Å². The van der Waals surface area contributed by atoms with Gasteiger partial charge in [0.1, 0.15) is 17.2 Å². The second-order valence-corrected chi connectivity index (χ2v) is 9.95. The minimum Gasteiger partial charge on any atom is -0.466 e. The third-order valence-electron chi connectivity index (χ3n) is 7.14. The van der Waals surface area contributed by atoms with E-state index in [1.54, 1.807) is 19.3 Å². The highest BCUT2D eigenvalue weighted by Gasteiger charge is 2.29. The topological polar surface area (TPSA) is 114 Å². The molecule has 0 radical (unpaired) electrons. The lowest BCUT2D eigenvalue weighted by molar-refractivity contribution is -0.143. The Kier molecular flexibility index (Phi) is 7.86. The van der Waals surface area contributed by atoms with Crippen LogP contribution in [0.5, 0.6) is 0 Å². The molecule has 0 bridgehead atoms. The van der Waals surface area contributed by atoms with Crippen LogP contribution in [0.3, 0.4) is 0 Å². The van der Waals surface area contributed by atoms with Gasteiger partial charge in [-0.2, -0.15) is 0 Å². The number of benzene rings is 1. The number of hydrogen-bond acceptors (Lipinski definition) is 9. The molecule has 0 aliphatic carbocycles. The summed E-state index contributed by atoms with van der Waals surface area (Å²) in [5, 5.41) is 8.56. The van der Waals surface area contributed by atoms with E-state index in [1.165, 1.54) is 0 Å². The first-order valence-corrected chi connectivity index (χ1v) is 13.5. The minimum atomic E-state index is -0.535. The molecule has 202 valence electrons. The largest absolute Gasteiger partial charge is 0.466 e. The summed E-state index contributed by atoms with van der Waals surface area (Å²) in [5.41, 5.74) is 2.25. The van der Waals surface area contributed by atoms with Gasteiger partial charge in [0.25, 0.3) is 10.9 Å². The summed E-state index contributed by atoms with van der Waals surface area (Å²) in [4.78, 5) is 48.6. The van der Waals surface area contributed by atoms with Crippen molar-refractivity contribution < 1.29 is 9.53 Å². The normalized spacial score (nSPS) is 14.7. The number of ether oxygens (including phenoxy) is 1. The van der Waals surface area contributed by atoms with E-state index in [9.17, 15) is 14.4 Å². The Hall–Kier alpha value is -4.27. The molecule has 3 heterocycles. The second kappa shape index (κ2) is 11.6. The first kappa shape index (κ1) is 26.3. The van der Waals surface area contributed by atoms with Gasteiger partial charge in [0.05, 0.1) is 19.1 Å². The highest BCUT2D eigenvalue weighted by atomic mass is 16.5. The average Bonchev–Trinajstić information content (AvgIpc) is 3.21. The number of nitrogens with zero attached hydrogens (tertiary/aromatic N) is 3. The van der Waals surface area contributed by atoms with E-state index >= 15 is 0 Å². The maximum absolute atomic E-state index is 12.6. The van der Waals surface area contributed by atoms with E-state index in [0.29, 0.717) is 17.2 Å². The fourth-order valence-corrected chi connectivity index (χ4v) is 5.18. The van der Waals surface area contributed by atoms with Gasteiger partial charge in [-0.3, -0.25) is 19.4 Å². The molecule has 1 fully saturated rings. The molecule has 1 saturated heterocycles. The lowest BCUT2D eigenvalue weighted by Gasteiger charge is -2.28. The zero-order valence-electron chi connectivity index (χ0n) is 22.3. The lowest BCUT2D eigenvalue weighted by atomic mass is 10.0. The predicted octanol–water partition coefficient (Wildman–Crippen LogP) is 4.76. The number of carbonyl (C=O) groups excluding carboxylic acids is 1. The van der Waals surface area contributed by atoms with Gasteiger partial charge in [-0.05, 0) is 61.9 Å². The number of carbonyl (C=O) groups is 1. The Morgan fingerprint density at radius 3 is 2.51 bits per heavy atom. The summed E-state index contributed by atoms with van der Waals surface area (Å²) < 4.78 is 5.21. The number of aryl methyl sites for hydroxylation is 1. The predicted molar refractivity (Wildman–Crippen MR) is 154 cm³/mol. The number of anilines is 4. The molecule has 0 unspecified atom stereocenters. The third-order valence-corrected chi connectivity index (χ3v) is 7.14. The van der Waals surface area contributed by atoms with Crippen LogP contribution in [-0.4, -0.2) is 35.6 Å². The Morgan fingerprint density at radius 2 is 1.79 bits per heavy atom. The molecule has 0 saturated carbocycles. The summed E-state index contributed by atoms with van der Waals surface area (Å²) in [7, 11) is 0. The Labute approximate surface area is 226 Å². The molecule has 2 N–H and O–H groups in total. The van der Waals surface area contributed by atoms with Gasteiger partial charge in [0.2, 0.25) is 0 Å². The maximum atomic E-state index is 12.6. The molecular formula is C30H33N5O4. The summed E-state index contributed by atoms with van der Waals surface area (Å²) in [6, 6.07) is 11.0. The molecule has 9 heteroatoms. The van der Waals surface area contributed by atoms with Crippen molar-refractivity contribution in [2.24, 2.45) is 0 Å². The smallest absolute Gasteiger partial charge is 0.308 e. The Balaban J connectivity index is 1.40. The van der Waals surface area contributed by atoms with Gasteiger partial charge in [0, 0.05) is 42.3 Å². The standard InChI is InChI=1S/C30H33N5O4/c1-3-39-25(36)17-24(34-26-27(29(38)28(26)37)35-14-6-4-5-7-15-35)20-8-10-22(11-9-20)33-30-23-18-31-13-12-21(23)16-19(2)32-30/h8-13,16,18,24,34H,3-7,14-15,17H2,1-2H3,(H,32,33)/t24-/m0/s1. The van der Waals surface area contributed by atoms with E-state index in [4.69, 9.17) is 4.74 Å². The number of fused-ring (bicyclic) bond motifs is 1. The van der Waals surface area contributed by atoms with Gasteiger partial charge in [-0.25, -0.2) is 4.98 Å². The molecule has 4 aromatic rings. The highest BCUT2D eigenvalue weighted by Crippen LogP contribution is 2.31. The SMILES string of the molecule is CCOC(=O)C[C@H](Nc1c(N2CCCCCC2)c(=O)c1=O)c1ccc(Nc2nc(C)cc3ccncc23)cc1. The van der Waals surface area contributed by atoms with Crippen LogP contribution in [0.4, 0.5) is 22.9 Å². The van der Waals surface area contributed by atoms with Crippen molar-refractivity contribution in [3.05, 3.63) is 80.5 Å². The molecular weight excluding hydrogens is 494 g/mol. The molecule has 39 heavy (non-hydrogen) atoms. The average molecular weight is 528 g/mol. The van der Waals surface area contributed by atoms with E-state index in [1.807, 2.05) is 48.2 Å². The fraction of sp³-hybridized carbons (Fsp3) is 0.367. The van der Waals surface area contributed by atoms with Crippen molar-refractivity contribution in [3.63, 3.8) is 0 Å². The zero-order chi connectivity index (χ0) is 27.4. The van der Waals surface area contributed by atoms with Crippen LogP contribution in [0, 0.1) is 6.92 Å². The van der Waals surface area contributed by atoms with Crippen molar-refractivity contribution in [1.29, 1.82) is 0 Å². The van der Waals surface area contributed by atoms with Crippen LogP contribution in [0.1, 0.15) is 56.3 Å². The van der Waals surface area contributed by atoms with E-state index in [0.717, 1.165) is 66.5 Å². The first-order valence-electron chi connectivity index (χ1n) is 13.5. The number of pyridine rings is 2. The van der Waals surface area contributed by atoms with Crippen molar-refractivity contribution in [2.45, 2.75) is 52.0 Å². The van der Waals surface area contributed by atoms with Gasteiger partial charge in [-0.1, -0.05) is 25.0 Å². The number of hydrogen-bond donors (Lipinski definition) is 2. The van der Waals surface area contributed by atoms with Crippen LogP contribution in [0.25, 0.3) is 10.8 Å². The zero-order valence-corrected chi connectivity index (χ0v) is 22.3. The van der Waals surface area contributed by atoms with Crippen molar-refractivity contribution in [2.75, 3.05) is 35.2 Å². The van der Waals surface area contributed by atoms with E-state index in [-0.39, 0.29) is 19.0 Å². The Bertz CT molecular complexity index is 1530. The van der Waals surface area contributed by atoms with Crippen LogP contribution in [0.2, 0.25) is 0 Å². The summed E-state index contributed by atoms with van der Waals surface area (Å²) in [6.45, 7) is 5.47. The number of rotatable bonds is 9. The van der Waals surface area contributed by atoms with E-state index in [2.05, 4.69) is 20.6 Å². The highest BCUT2D eigenvalue weighted by molar-refractivity contribution is 5.93. The second-order valence-electron chi connectivity index (χ2n) is 9.95. The maximum Gasteiger partial charge on any atom is 0.308 e. The molecule has 1 aliphatic heterocycles. The van der Waals surface area contributed by atoms with Crippen LogP contribution >= 0.6 is 0 Å². The van der Waals surface area contributed by atoms with Crippen molar-refractivity contribution in [3.8, 4) is 0 Å². The van der Waals surface area contributed by atoms with Gasteiger partial charge >= 0.3 is 5.97 Å². The molecule has 0 amide bonds. The fourth-order valence-electron chi connectivity index (χ4n) is 5.18. The van der Waals surface area contributed by atoms with E-state index < -0.39 is 16.9 Å². The lowest BCUT2D eigenvalue weighted by Crippen LogP contribution is -2.43. The van der Waals surface area contributed by atoms with Crippen LogP contribution in [0.15, 0.2) is 58.4 Å². The quantitative estimate of drug-likeness (QED) is 0.235. The van der Waals surface area contributed by atoms with Crippen LogP contribution < -0.4 is 26.4 Å². The van der Waals surface area contributed by atoms with Crippen LogP contribution in [-0.2, 0) is 9.53 Å². The van der Waals surface area contributed by atoms with Gasteiger partial charge in [0.15, 0.2) is 0 Å². The van der Waals surface area contributed by atoms with Gasteiger partial charge in [-0.15, -0.1) is 0 Å². The molecule has 5 rings (SSSR count). The summed E-state index contributed by atoms with van der Waals surface area (Å²) in [5.74, 6) is 0.327. The number of aromatic nitrogens is 2. The minimum absolute atomic E-state index is 0.0224. The number of nitrogens with one attached hydrogen (secondary N) is 2. The molecule has 1 aliphatic rings. The first-order chi connectivity index (χ1) is 18.9. The molecule has 0 spiro atoms. The summed E-state index contributed by atoms with van der Waals surface area (Å²) >= 11 is 0. The van der Waals surface area contributed by atoms with Gasteiger partial charge < -0.3 is 20.3 Å². The molecule has 2 aromatic heterocycles. The third kappa shape index (κ3) is 5.77. The number of esters is 1. The molecule has 2 aromatic carbocycles. The summed E-state index contributed by atoms with van der Waals surface area (Å²) in [6.07, 6.45) is 7.76. The molecule has 1 atom stereocenters. The Morgan fingerprint density at radius 1 is 1.05 bits per heavy atom.